The zero-order valence-electron chi connectivity index (χ0n) is 11.4. The Hall–Kier alpha value is -2.20. The molecule has 0 aromatic rings. The summed E-state index contributed by atoms with van der Waals surface area (Å²) in [6.45, 7) is 1.94. The first-order chi connectivity index (χ1) is 9.24. The molecule has 0 fully saturated rings. The number of aliphatic hydroxyl groups is 1. The number of carbonyl (C=O) groups is 5. The van der Waals surface area contributed by atoms with Crippen LogP contribution in [0, 0.1) is 0 Å². The molecular weight excluding hydrogens is 355 g/mol. The summed E-state index contributed by atoms with van der Waals surface area (Å²) in [5.41, 5.74) is -2.74. The van der Waals surface area contributed by atoms with E-state index < -0.39 is 48.3 Å². The van der Waals surface area contributed by atoms with Crippen molar-refractivity contribution in [2.45, 2.75) is 32.3 Å². The molecule has 130 valence electrons. The number of carboxylic acids is 5. The van der Waals surface area contributed by atoms with Gasteiger partial charge in [0.05, 0.1) is 12.8 Å². The molecule has 0 heterocycles. The molecule has 0 saturated carbocycles. The average molecular weight is 369 g/mol. The number of carboxylic acid groups (broad SMARTS) is 5. The van der Waals surface area contributed by atoms with E-state index in [1.54, 1.807) is 0 Å². The van der Waals surface area contributed by atoms with Crippen molar-refractivity contribution in [2.24, 2.45) is 0 Å². The summed E-state index contributed by atoms with van der Waals surface area (Å²) in [5, 5.41) is 51.6. The summed E-state index contributed by atoms with van der Waals surface area (Å²) < 4.78 is 0. The molecule has 0 bridgehead atoms. The number of rotatable bonds is 5. The molecular formula is C10H14NiO11. The topological polar surface area (TPSA) is 212 Å². The second-order valence-corrected chi connectivity index (χ2v) is 3.46. The number of hydrogen-bond donors (Lipinski definition) is 4. The fourth-order valence-electron chi connectivity index (χ4n) is 0.714. The number of aliphatic carboxylic acids is 5. The fourth-order valence-corrected chi connectivity index (χ4v) is 0.714. The Morgan fingerprint density at radius 1 is 0.818 bits per heavy atom. The first-order valence-corrected chi connectivity index (χ1v) is 4.99. The summed E-state index contributed by atoms with van der Waals surface area (Å²) in [6, 6.07) is 0. The van der Waals surface area contributed by atoms with Crippen LogP contribution in [0.5, 0.6) is 0 Å². The summed E-state index contributed by atoms with van der Waals surface area (Å²) in [6.07, 6.45) is -2.29. The van der Waals surface area contributed by atoms with Gasteiger partial charge in [0.15, 0.2) is 5.60 Å². The molecule has 0 unspecified atom stereocenters. The Balaban J connectivity index is -0.000000150. The summed E-state index contributed by atoms with van der Waals surface area (Å²) in [7, 11) is 0. The monoisotopic (exact) mass is 368 g/mol. The third-order valence-corrected chi connectivity index (χ3v) is 1.29. The van der Waals surface area contributed by atoms with E-state index in [0.717, 1.165) is 13.8 Å². The largest absolute Gasteiger partial charge is 2.00 e. The molecule has 0 amide bonds. The van der Waals surface area contributed by atoms with Crippen molar-refractivity contribution in [1.29, 1.82) is 0 Å². The Morgan fingerprint density at radius 2 is 1.00 bits per heavy atom. The smallest absolute Gasteiger partial charge is 0.550 e. The first kappa shape index (κ1) is 28.0. The van der Waals surface area contributed by atoms with Crippen molar-refractivity contribution in [3.05, 3.63) is 0 Å². The van der Waals surface area contributed by atoms with Gasteiger partial charge in [-0.3, -0.25) is 9.59 Å². The molecule has 0 radical (unpaired) electrons. The van der Waals surface area contributed by atoms with Gasteiger partial charge in [-0.25, -0.2) is 4.79 Å². The van der Waals surface area contributed by atoms with Crippen LogP contribution in [-0.2, 0) is 40.5 Å². The van der Waals surface area contributed by atoms with Crippen LogP contribution in [0.1, 0.15) is 26.7 Å². The first-order valence-electron chi connectivity index (χ1n) is 4.99. The van der Waals surface area contributed by atoms with E-state index >= 15 is 0 Å². The van der Waals surface area contributed by atoms with Crippen molar-refractivity contribution >= 4 is 29.8 Å². The van der Waals surface area contributed by atoms with Gasteiger partial charge in [0.1, 0.15) is 0 Å². The Bertz CT molecular complexity index is 368. The van der Waals surface area contributed by atoms with Crippen LogP contribution < -0.4 is 10.2 Å². The zero-order chi connectivity index (χ0) is 17.8. The summed E-state index contributed by atoms with van der Waals surface area (Å²) in [5.74, 6) is -7.19. The van der Waals surface area contributed by atoms with Gasteiger partial charge in [-0.05, 0) is 13.8 Å². The van der Waals surface area contributed by atoms with Gasteiger partial charge in [-0.1, -0.05) is 0 Å². The van der Waals surface area contributed by atoms with Crippen LogP contribution >= 0.6 is 0 Å². The van der Waals surface area contributed by atoms with Crippen molar-refractivity contribution in [1.82, 2.24) is 0 Å². The van der Waals surface area contributed by atoms with Crippen LogP contribution in [0.15, 0.2) is 0 Å². The molecule has 22 heavy (non-hydrogen) atoms. The average Bonchev–Trinajstić information content (AvgIpc) is 2.11. The van der Waals surface area contributed by atoms with Crippen molar-refractivity contribution < 1.29 is 71.1 Å². The fraction of sp³-hybridized carbons (Fsp3) is 0.500. The molecule has 11 nitrogen and oxygen atoms in total. The van der Waals surface area contributed by atoms with Gasteiger partial charge in [-0.15, -0.1) is 0 Å². The predicted molar refractivity (Wildman–Crippen MR) is 58.5 cm³/mol. The van der Waals surface area contributed by atoms with Gasteiger partial charge in [0, 0.05) is 11.9 Å². The molecule has 0 saturated heterocycles. The van der Waals surface area contributed by atoms with Crippen LogP contribution in [0.2, 0.25) is 0 Å². The minimum Gasteiger partial charge on any atom is -0.550 e. The Morgan fingerprint density at radius 3 is 1.09 bits per heavy atom. The third kappa shape index (κ3) is 26.4. The summed E-state index contributed by atoms with van der Waals surface area (Å²) in [4.78, 5) is 48.3. The molecule has 0 aliphatic carbocycles. The maximum absolute atomic E-state index is 10.3. The van der Waals surface area contributed by atoms with Gasteiger partial charge in [0.2, 0.25) is 0 Å². The van der Waals surface area contributed by atoms with E-state index in [-0.39, 0.29) is 16.5 Å². The van der Waals surface area contributed by atoms with Gasteiger partial charge in [0.25, 0.3) is 0 Å². The van der Waals surface area contributed by atoms with Crippen molar-refractivity contribution in [3.63, 3.8) is 0 Å². The molecule has 0 spiro atoms. The van der Waals surface area contributed by atoms with Crippen molar-refractivity contribution in [3.8, 4) is 0 Å². The van der Waals surface area contributed by atoms with E-state index in [1.165, 1.54) is 0 Å². The van der Waals surface area contributed by atoms with Crippen LogP contribution in [0.3, 0.4) is 0 Å². The standard InChI is InChI=1S/C6H8O7.2C2H4O2.Ni/c7-3(8)1-6(13,5(11)12)2-4(9)10;2*1-2(3)4;/h13H,1-2H2,(H,7,8)(H,9,10)(H,11,12);2*1H3,(H,3,4);/q;;;+2/p-2. The molecule has 0 rings (SSSR count). The second kappa shape index (κ2) is 13.8. The Labute approximate surface area is 134 Å². The molecule has 12 heteroatoms. The normalized spacial score (nSPS) is 8.68. The molecule has 0 atom stereocenters. The molecule has 0 aliphatic heterocycles. The molecule has 4 N–H and O–H groups in total. The quantitative estimate of drug-likeness (QED) is 0.346. The van der Waals surface area contributed by atoms with Crippen LogP contribution in [0.4, 0.5) is 0 Å². The predicted octanol–water partition coefficient (Wildman–Crippen LogP) is -3.74. The number of hydrogen-bond acceptors (Lipinski definition) is 8. The maximum atomic E-state index is 10.3. The van der Waals surface area contributed by atoms with Gasteiger partial charge in [-0.2, -0.15) is 0 Å². The molecule has 0 aromatic heterocycles. The van der Waals surface area contributed by atoms with E-state index in [4.69, 9.17) is 40.2 Å². The molecule has 0 aromatic carbocycles. The van der Waals surface area contributed by atoms with E-state index in [9.17, 15) is 14.4 Å². The molecule has 0 aliphatic rings. The second-order valence-electron chi connectivity index (χ2n) is 3.46. The van der Waals surface area contributed by atoms with Crippen LogP contribution in [-0.4, -0.2) is 55.9 Å². The Kier molecular flexibility index (Phi) is 17.5. The maximum Gasteiger partial charge on any atom is 2.00 e. The van der Waals surface area contributed by atoms with Crippen molar-refractivity contribution in [2.75, 3.05) is 0 Å². The third-order valence-electron chi connectivity index (χ3n) is 1.29. The number of carbonyl (C=O) groups excluding carboxylic acids is 2. The summed E-state index contributed by atoms with van der Waals surface area (Å²) >= 11 is 0. The van der Waals surface area contributed by atoms with E-state index in [1.807, 2.05) is 0 Å². The van der Waals surface area contributed by atoms with E-state index in [0.29, 0.717) is 0 Å². The van der Waals surface area contributed by atoms with E-state index in [2.05, 4.69) is 0 Å². The SMILES string of the molecule is CC(=O)[O-].CC(=O)[O-].O=C(O)CC(O)(CC(=O)O)C(=O)O.[Ni+2]. The minimum absolute atomic E-state index is 0. The minimum atomic E-state index is -2.74. The van der Waals surface area contributed by atoms with Gasteiger partial charge < -0.3 is 40.2 Å². The van der Waals surface area contributed by atoms with Crippen LogP contribution in [0.25, 0.3) is 0 Å². The van der Waals surface area contributed by atoms with Gasteiger partial charge >= 0.3 is 34.4 Å². The zero-order valence-corrected chi connectivity index (χ0v) is 12.4.